The van der Waals surface area contributed by atoms with Gasteiger partial charge in [0.05, 0.1) is 7.11 Å². The van der Waals surface area contributed by atoms with E-state index in [1.807, 2.05) is 37.3 Å². The van der Waals surface area contributed by atoms with E-state index in [0.29, 0.717) is 25.2 Å². The number of nitrogens with one attached hydrogen (secondary N) is 1. The predicted octanol–water partition coefficient (Wildman–Crippen LogP) is 2.40. The first-order chi connectivity index (χ1) is 12.6. The Morgan fingerprint density at radius 2 is 2.00 bits per heavy atom. The lowest BCUT2D eigenvalue weighted by Crippen LogP contribution is -2.34. The Hall–Kier alpha value is -3.15. The summed E-state index contributed by atoms with van der Waals surface area (Å²) in [5, 5.41) is 3.60. The van der Waals surface area contributed by atoms with Crippen molar-refractivity contribution in [1.82, 2.24) is 14.9 Å². The van der Waals surface area contributed by atoms with Gasteiger partial charge in [0.1, 0.15) is 17.0 Å². The molecule has 0 atom stereocenters. The molecule has 0 aliphatic heterocycles. The van der Waals surface area contributed by atoms with Gasteiger partial charge in [-0.15, -0.1) is 0 Å². The molecule has 0 saturated heterocycles. The summed E-state index contributed by atoms with van der Waals surface area (Å²) in [7, 11) is 1.62. The van der Waals surface area contributed by atoms with Crippen LogP contribution in [0.4, 0.5) is 0 Å². The molecule has 1 N–H and O–H groups in total. The number of methoxy groups -OCH3 is 1. The molecule has 3 rings (SSSR count). The SMILES string of the molecule is CCn1c(=O)c(C(=O)NCCc2ccc(OC)cc2)cc2cccnc21. The molecule has 0 aliphatic carbocycles. The van der Waals surface area contributed by atoms with Crippen molar-refractivity contribution in [2.75, 3.05) is 13.7 Å². The second-order valence-electron chi connectivity index (χ2n) is 5.88. The van der Waals surface area contributed by atoms with Crippen molar-refractivity contribution in [1.29, 1.82) is 0 Å². The highest BCUT2D eigenvalue weighted by atomic mass is 16.5. The van der Waals surface area contributed by atoms with E-state index in [4.69, 9.17) is 4.74 Å². The maximum Gasteiger partial charge on any atom is 0.265 e. The van der Waals surface area contributed by atoms with Crippen LogP contribution in [0.15, 0.2) is 53.5 Å². The molecule has 0 spiro atoms. The summed E-state index contributed by atoms with van der Waals surface area (Å²) >= 11 is 0. The van der Waals surface area contributed by atoms with Crippen molar-refractivity contribution < 1.29 is 9.53 Å². The molecular weight excluding hydrogens is 330 g/mol. The summed E-state index contributed by atoms with van der Waals surface area (Å²) in [6.45, 7) is 2.77. The van der Waals surface area contributed by atoms with E-state index in [2.05, 4.69) is 10.3 Å². The van der Waals surface area contributed by atoms with Gasteiger partial charge in [-0.1, -0.05) is 12.1 Å². The van der Waals surface area contributed by atoms with E-state index in [0.717, 1.165) is 16.7 Å². The van der Waals surface area contributed by atoms with Gasteiger partial charge in [-0.05, 0) is 49.2 Å². The minimum Gasteiger partial charge on any atom is -0.497 e. The first kappa shape index (κ1) is 17.7. The molecule has 0 saturated carbocycles. The minimum absolute atomic E-state index is 0.141. The fourth-order valence-electron chi connectivity index (χ4n) is 2.87. The Kier molecular flexibility index (Phi) is 5.31. The highest BCUT2D eigenvalue weighted by Crippen LogP contribution is 2.12. The molecule has 0 radical (unpaired) electrons. The number of carbonyl (C=O) groups is 1. The third-order valence-corrected chi connectivity index (χ3v) is 4.27. The van der Waals surface area contributed by atoms with Crippen LogP contribution in [0.1, 0.15) is 22.8 Å². The lowest BCUT2D eigenvalue weighted by Gasteiger charge is -2.10. The molecule has 1 amide bonds. The number of aryl methyl sites for hydroxylation is 1. The Balaban J connectivity index is 1.75. The highest BCUT2D eigenvalue weighted by Gasteiger charge is 2.15. The van der Waals surface area contributed by atoms with E-state index in [1.165, 1.54) is 4.57 Å². The van der Waals surface area contributed by atoms with Crippen molar-refractivity contribution in [2.45, 2.75) is 19.9 Å². The van der Waals surface area contributed by atoms with Gasteiger partial charge < -0.3 is 10.1 Å². The van der Waals surface area contributed by atoms with Gasteiger partial charge in [0.15, 0.2) is 0 Å². The van der Waals surface area contributed by atoms with Crippen molar-refractivity contribution in [3.8, 4) is 5.75 Å². The van der Waals surface area contributed by atoms with E-state index in [1.54, 1.807) is 25.4 Å². The Bertz CT molecular complexity index is 978. The summed E-state index contributed by atoms with van der Waals surface area (Å²) in [6.07, 6.45) is 2.31. The van der Waals surface area contributed by atoms with Crippen LogP contribution in [0, 0.1) is 0 Å². The zero-order valence-electron chi connectivity index (χ0n) is 14.9. The second-order valence-corrected chi connectivity index (χ2v) is 5.88. The molecule has 0 aliphatic rings. The number of hydrogen-bond acceptors (Lipinski definition) is 4. The van der Waals surface area contributed by atoms with Gasteiger partial charge >= 0.3 is 0 Å². The van der Waals surface area contributed by atoms with Crippen LogP contribution in [0.3, 0.4) is 0 Å². The van der Waals surface area contributed by atoms with Crippen molar-refractivity contribution in [3.63, 3.8) is 0 Å². The molecule has 26 heavy (non-hydrogen) atoms. The Labute approximate surface area is 151 Å². The largest absolute Gasteiger partial charge is 0.497 e. The number of amides is 1. The number of rotatable bonds is 6. The third-order valence-electron chi connectivity index (χ3n) is 4.27. The molecule has 0 bridgehead atoms. The van der Waals surface area contributed by atoms with Crippen LogP contribution in [0.25, 0.3) is 11.0 Å². The molecule has 0 fully saturated rings. The summed E-state index contributed by atoms with van der Waals surface area (Å²) in [6, 6.07) is 12.9. The normalized spacial score (nSPS) is 10.7. The van der Waals surface area contributed by atoms with E-state index in [-0.39, 0.29) is 17.0 Å². The second kappa shape index (κ2) is 7.82. The summed E-state index contributed by atoms with van der Waals surface area (Å²) in [5.74, 6) is 0.430. The van der Waals surface area contributed by atoms with E-state index < -0.39 is 0 Å². The van der Waals surface area contributed by atoms with E-state index >= 15 is 0 Å². The number of hydrogen-bond donors (Lipinski definition) is 1. The van der Waals surface area contributed by atoms with Crippen molar-refractivity contribution in [2.24, 2.45) is 0 Å². The van der Waals surface area contributed by atoms with Gasteiger partial charge in [-0.3, -0.25) is 14.2 Å². The van der Waals surface area contributed by atoms with Crippen LogP contribution in [0.2, 0.25) is 0 Å². The molecule has 2 heterocycles. The maximum atomic E-state index is 12.6. The standard InChI is InChI=1S/C20H21N3O3/c1-3-23-18-15(5-4-11-21-18)13-17(20(23)25)19(24)22-12-10-14-6-8-16(26-2)9-7-14/h4-9,11,13H,3,10,12H2,1-2H3,(H,22,24). The van der Waals surface area contributed by atoms with Crippen LogP contribution in [0.5, 0.6) is 5.75 Å². The number of fused-ring (bicyclic) bond motifs is 1. The van der Waals surface area contributed by atoms with Crippen LogP contribution in [-0.2, 0) is 13.0 Å². The fraction of sp³-hybridized carbons (Fsp3) is 0.250. The number of carbonyl (C=O) groups excluding carboxylic acids is 1. The Morgan fingerprint density at radius 3 is 2.69 bits per heavy atom. The number of pyridine rings is 2. The monoisotopic (exact) mass is 351 g/mol. The van der Waals surface area contributed by atoms with Gasteiger partial charge in [-0.25, -0.2) is 4.98 Å². The summed E-state index contributed by atoms with van der Waals surface area (Å²) < 4.78 is 6.65. The number of nitrogens with zero attached hydrogens (tertiary/aromatic N) is 2. The van der Waals surface area contributed by atoms with Crippen molar-refractivity contribution in [3.05, 3.63) is 70.1 Å². The van der Waals surface area contributed by atoms with E-state index in [9.17, 15) is 9.59 Å². The average Bonchev–Trinajstić information content (AvgIpc) is 2.68. The number of aromatic nitrogens is 2. The maximum absolute atomic E-state index is 12.6. The van der Waals surface area contributed by atoms with Crippen molar-refractivity contribution >= 4 is 16.9 Å². The molecule has 0 unspecified atom stereocenters. The first-order valence-electron chi connectivity index (χ1n) is 8.53. The van der Waals surface area contributed by atoms with Gasteiger partial charge in [0, 0.05) is 24.7 Å². The average molecular weight is 351 g/mol. The van der Waals surface area contributed by atoms with Crippen LogP contribution < -0.4 is 15.6 Å². The van der Waals surface area contributed by atoms with Crippen LogP contribution >= 0.6 is 0 Å². The summed E-state index contributed by atoms with van der Waals surface area (Å²) in [4.78, 5) is 29.4. The predicted molar refractivity (Wildman–Crippen MR) is 101 cm³/mol. The fourth-order valence-corrected chi connectivity index (χ4v) is 2.87. The number of benzene rings is 1. The minimum atomic E-state index is -0.364. The topological polar surface area (TPSA) is 73.2 Å². The quantitative estimate of drug-likeness (QED) is 0.740. The van der Waals surface area contributed by atoms with Gasteiger partial charge in [-0.2, -0.15) is 0 Å². The van der Waals surface area contributed by atoms with Crippen LogP contribution in [-0.4, -0.2) is 29.1 Å². The summed E-state index contributed by atoms with van der Waals surface area (Å²) in [5.41, 5.74) is 1.50. The molecular formula is C20H21N3O3. The van der Waals surface area contributed by atoms with Gasteiger partial charge in [0.2, 0.25) is 0 Å². The molecule has 3 aromatic rings. The lowest BCUT2D eigenvalue weighted by molar-refractivity contribution is 0.0952. The van der Waals surface area contributed by atoms with Gasteiger partial charge in [0.25, 0.3) is 11.5 Å². The third kappa shape index (κ3) is 3.59. The first-order valence-corrected chi connectivity index (χ1v) is 8.53. The molecule has 6 heteroatoms. The highest BCUT2D eigenvalue weighted by molar-refractivity contribution is 5.96. The molecule has 6 nitrogen and oxygen atoms in total. The molecule has 134 valence electrons. The lowest BCUT2D eigenvalue weighted by atomic mass is 10.1. The molecule has 1 aromatic carbocycles. The number of ether oxygens (including phenoxy) is 1. The Morgan fingerprint density at radius 1 is 1.23 bits per heavy atom. The smallest absolute Gasteiger partial charge is 0.265 e. The zero-order valence-corrected chi connectivity index (χ0v) is 14.9. The molecule has 2 aromatic heterocycles. The zero-order chi connectivity index (χ0) is 18.5.